The fraction of sp³-hybridized carbons (Fsp3) is 0.481. The molecule has 1 aliphatic carbocycles. The molecule has 2 aromatic carbocycles. The van der Waals surface area contributed by atoms with Gasteiger partial charge in [0.2, 0.25) is 5.91 Å². The van der Waals surface area contributed by atoms with E-state index in [1.165, 1.54) is 28.0 Å². The summed E-state index contributed by atoms with van der Waals surface area (Å²) in [6.45, 7) is 11.8. The number of ether oxygens (including phenoxy) is 2. The number of imide groups is 1. The van der Waals surface area contributed by atoms with E-state index in [0.29, 0.717) is 11.5 Å². The van der Waals surface area contributed by atoms with E-state index in [9.17, 15) is 9.59 Å². The van der Waals surface area contributed by atoms with Gasteiger partial charge in [-0.2, -0.15) is 0 Å². The minimum atomic E-state index is -0.381. The van der Waals surface area contributed by atoms with Gasteiger partial charge in [0.1, 0.15) is 18.0 Å². The highest BCUT2D eigenvalue weighted by Gasteiger charge is 2.37. The summed E-state index contributed by atoms with van der Waals surface area (Å²) in [6, 6.07) is 8.18. The van der Waals surface area contributed by atoms with E-state index in [1.807, 2.05) is 12.1 Å². The van der Waals surface area contributed by atoms with Crippen LogP contribution in [0.2, 0.25) is 0 Å². The van der Waals surface area contributed by atoms with Crippen molar-refractivity contribution in [3.63, 3.8) is 0 Å². The zero-order valence-corrected chi connectivity index (χ0v) is 20.7. The largest absolute Gasteiger partial charge is 0.496 e. The molecule has 4 rings (SSSR count). The number of methoxy groups -OCH3 is 2. The summed E-state index contributed by atoms with van der Waals surface area (Å²) in [4.78, 5) is 25.3. The lowest BCUT2D eigenvalue weighted by atomic mass is 9.62. The van der Waals surface area contributed by atoms with Gasteiger partial charge in [-0.15, -0.1) is 0 Å². The van der Waals surface area contributed by atoms with Crippen molar-refractivity contribution in [3.05, 3.63) is 46.5 Å². The Morgan fingerprint density at radius 3 is 2.03 bits per heavy atom. The first kappa shape index (κ1) is 23.1. The van der Waals surface area contributed by atoms with Crippen molar-refractivity contribution in [2.45, 2.75) is 64.8 Å². The Bertz CT molecular complexity index is 1130. The lowest BCUT2D eigenvalue weighted by Gasteiger charge is -2.42. The molecule has 1 saturated heterocycles. The van der Waals surface area contributed by atoms with Crippen molar-refractivity contribution in [2.24, 2.45) is 0 Å². The molecule has 6 heteroatoms. The molecule has 1 N–H and O–H groups in total. The summed E-state index contributed by atoms with van der Waals surface area (Å²) >= 11 is 0. The van der Waals surface area contributed by atoms with Crippen LogP contribution >= 0.6 is 0 Å². The molecule has 0 bridgehead atoms. The highest BCUT2D eigenvalue weighted by molar-refractivity contribution is 6.01. The van der Waals surface area contributed by atoms with E-state index in [-0.39, 0.29) is 35.9 Å². The van der Waals surface area contributed by atoms with E-state index in [1.54, 1.807) is 14.2 Å². The lowest BCUT2D eigenvalue weighted by molar-refractivity contribution is -0.118. The van der Waals surface area contributed by atoms with Crippen LogP contribution in [0.5, 0.6) is 11.5 Å². The molecule has 1 heterocycles. The molecular weight excluding hydrogens is 416 g/mol. The minimum absolute atomic E-state index is 0.0461. The van der Waals surface area contributed by atoms with Crippen LogP contribution in [0.25, 0.3) is 11.1 Å². The maximum absolute atomic E-state index is 12.1. The monoisotopic (exact) mass is 450 g/mol. The van der Waals surface area contributed by atoms with Gasteiger partial charge in [0.05, 0.1) is 20.8 Å². The highest BCUT2D eigenvalue weighted by Crippen LogP contribution is 2.49. The molecule has 0 saturated carbocycles. The fourth-order valence-corrected chi connectivity index (χ4v) is 5.13. The zero-order valence-electron chi connectivity index (χ0n) is 20.7. The predicted octanol–water partition coefficient (Wildman–Crippen LogP) is 5.08. The number of nitrogens with one attached hydrogen (secondary N) is 1. The summed E-state index contributed by atoms with van der Waals surface area (Å²) in [5.41, 5.74) is 7.10. The molecule has 0 atom stereocenters. The number of urea groups is 1. The van der Waals surface area contributed by atoms with Gasteiger partial charge in [-0.25, -0.2) is 4.79 Å². The average molecular weight is 451 g/mol. The maximum atomic E-state index is 12.1. The van der Waals surface area contributed by atoms with E-state index >= 15 is 0 Å². The third-order valence-corrected chi connectivity index (χ3v) is 7.32. The lowest BCUT2D eigenvalue weighted by Crippen LogP contribution is -2.34. The van der Waals surface area contributed by atoms with Gasteiger partial charge in [-0.05, 0) is 65.0 Å². The predicted molar refractivity (Wildman–Crippen MR) is 129 cm³/mol. The molecule has 0 radical (unpaired) electrons. The number of hydrogen-bond donors (Lipinski definition) is 1. The quantitative estimate of drug-likeness (QED) is 0.645. The standard InChI is InChI=1S/C27H34N2O4/c1-16-10-20-21(27(4,5)9-8-26(20,2)3)12-18(16)19-11-17(22(32-6)13-23(19)33-7)14-29-15-24(30)28-25(29)31/h10-13H,8-9,14-15H2,1-7H3,(H,28,30,31). The molecule has 0 unspecified atom stereocenters. The van der Waals surface area contributed by atoms with Crippen LogP contribution in [0.1, 0.15) is 62.8 Å². The number of carbonyl (C=O) groups excluding carboxylic acids is 2. The van der Waals surface area contributed by atoms with E-state index in [2.05, 4.69) is 52.1 Å². The number of amides is 3. The first-order chi connectivity index (χ1) is 15.5. The van der Waals surface area contributed by atoms with Crippen LogP contribution in [0, 0.1) is 6.92 Å². The van der Waals surface area contributed by atoms with Crippen molar-refractivity contribution in [3.8, 4) is 22.6 Å². The Morgan fingerprint density at radius 1 is 0.879 bits per heavy atom. The summed E-state index contributed by atoms with van der Waals surface area (Å²) < 4.78 is 11.4. The Labute approximate surface area is 196 Å². The SMILES string of the molecule is COc1cc(OC)c(-c2cc3c(cc2C)C(C)(C)CCC3(C)C)cc1CN1CC(=O)NC1=O. The number of nitrogens with zero attached hydrogens (tertiary/aromatic N) is 1. The van der Waals surface area contributed by atoms with E-state index < -0.39 is 0 Å². The van der Waals surface area contributed by atoms with Crippen LogP contribution in [0.15, 0.2) is 24.3 Å². The number of hydrogen-bond acceptors (Lipinski definition) is 4. The molecule has 3 amide bonds. The van der Waals surface area contributed by atoms with Crippen molar-refractivity contribution >= 4 is 11.9 Å². The van der Waals surface area contributed by atoms with Crippen molar-refractivity contribution < 1.29 is 19.1 Å². The first-order valence-electron chi connectivity index (χ1n) is 11.5. The molecule has 2 aliphatic rings. The second-order valence-electron chi connectivity index (χ2n) is 10.6. The van der Waals surface area contributed by atoms with Gasteiger partial charge in [0.25, 0.3) is 0 Å². The fourth-order valence-electron chi connectivity index (χ4n) is 5.13. The Kier molecular flexibility index (Phi) is 5.67. The number of carbonyl (C=O) groups is 2. The van der Waals surface area contributed by atoms with E-state index in [4.69, 9.17) is 9.47 Å². The van der Waals surface area contributed by atoms with Crippen LogP contribution in [0.3, 0.4) is 0 Å². The molecule has 6 nitrogen and oxygen atoms in total. The van der Waals surface area contributed by atoms with Gasteiger partial charge < -0.3 is 14.4 Å². The molecule has 2 aromatic rings. The second kappa shape index (κ2) is 8.08. The van der Waals surface area contributed by atoms with Gasteiger partial charge in [-0.3, -0.25) is 10.1 Å². The molecule has 1 aliphatic heterocycles. The third kappa shape index (κ3) is 4.07. The third-order valence-electron chi connectivity index (χ3n) is 7.32. The topological polar surface area (TPSA) is 67.9 Å². The highest BCUT2D eigenvalue weighted by atomic mass is 16.5. The second-order valence-corrected chi connectivity index (χ2v) is 10.6. The van der Waals surface area contributed by atoms with Crippen LogP contribution in [-0.2, 0) is 22.2 Å². The summed E-state index contributed by atoms with van der Waals surface area (Å²) in [7, 11) is 3.26. The number of aryl methyl sites for hydroxylation is 1. The molecular formula is C27H34N2O4. The molecule has 0 spiro atoms. The number of fused-ring (bicyclic) bond motifs is 1. The minimum Gasteiger partial charge on any atom is -0.496 e. The van der Waals surface area contributed by atoms with Crippen molar-refractivity contribution in [1.29, 1.82) is 0 Å². The molecule has 176 valence electrons. The van der Waals surface area contributed by atoms with Gasteiger partial charge >= 0.3 is 6.03 Å². The molecule has 0 aromatic heterocycles. The summed E-state index contributed by atoms with van der Waals surface area (Å²) in [6.07, 6.45) is 2.30. The van der Waals surface area contributed by atoms with Crippen LogP contribution < -0.4 is 14.8 Å². The van der Waals surface area contributed by atoms with Crippen molar-refractivity contribution in [1.82, 2.24) is 10.2 Å². The number of rotatable bonds is 5. The Morgan fingerprint density at radius 2 is 1.48 bits per heavy atom. The smallest absolute Gasteiger partial charge is 0.324 e. The van der Waals surface area contributed by atoms with Gasteiger partial charge in [0, 0.05) is 17.2 Å². The zero-order chi connectivity index (χ0) is 24.1. The van der Waals surface area contributed by atoms with E-state index in [0.717, 1.165) is 23.1 Å². The van der Waals surface area contributed by atoms with Crippen molar-refractivity contribution in [2.75, 3.05) is 20.8 Å². The Hall–Kier alpha value is -3.02. The summed E-state index contributed by atoms with van der Waals surface area (Å²) in [5, 5.41) is 2.34. The molecule has 33 heavy (non-hydrogen) atoms. The molecule has 1 fully saturated rings. The normalized spacial score (nSPS) is 18.7. The van der Waals surface area contributed by atoms with Gasteiger partial charge in [-0.1, -0.05) is 33.8 Å². The van der Waals surface area contributed by atoms with Crippen LogP contribution in [-0.4, -0.2) is 37.6 Å². The van der Waals surface area contributed by atoms with Crippen LogP contribution in [0.4, 0.5) is 4.79 Å². The Balaban J connectivity index is 1.86. The van der Waals surface area contributed by atoms with Gasteiger partial charge in [0.15, 0.2) is 0 Å². The first-order valence-corrected chi connectivity index (χ1v) is 11.5. The maximum Gasteiger partial charge on any atom is 0.324 e. The number of benzene rings is 2. The summed E-state index contributed by atoms with van der Waals surface area (Å²) in [5.74, 6) is 1.05. The average Bonchev–Trinajstić information content (AvgIpc) is 3.07.